The fourth-order valence-electron chi connectivity index (χ4n) is 0.993. The van der Waals surface area contributed by atoms with Crippen molar-refractivity contribution in [2.45, 2.75) is 0 Å². The lowest BCUT2D eigenvalue weighted by Gasteiger charge is -2.07. The molecule has 14 heavy (non-hydrogen) atoms. The number of hydrogen-bond donors (Lipinski definition) is 2. The van der Waals surface area contributed by atoms with Gasteiger partial charge in [0.05, 0.1) is 22.8 Å². The van der Waals surface area contributed by atoms with Crippen molar-refractivity contribution in [3.63, 3.8) is 0 Å². The van der Waals surface area contributed by atoms with E-state index in [9.17, 15) is 4.79 Å². The number of likely N-dealkylation sites (N-methyl/N-ethyl adjacent to an activating group) is 1. The van der Waals surface area contributed by atoms with Gasteiger partial charge in [-0.15, -0.1) is 0 Å². The van der Waals surface area contributed by atoms with Gasteiger partial charge in [0.1, 0.15) is 0 Å². The van der Waals surface area contributed by atoms with E-state index in [-0.39, 0.29) is 5.91 Å². The highest BCUT2D eigenvalue weighted by atomic mass is 35.5. The van der Waals surface area contributed by atoms with Crippen molar-refractivity contribution < 1.29 is 10.1 Å². The molecule has 1 aromatic rings. The Morgan fingerprint density at radius 3 is 2.50 bits per heavy atom. The lowest BCUT2D eigenvalue weighted by Crippen LogP contribution is -2.82. The van der Waals surface area contributed by atoms with E-state index in [1.54, 1.807) is 23.5 Å². The van der Waals surface area contributed by atoms with Crippen LogP contribution in [0.1, 0.15) is 0 Å². The molecule has 5 heteroatoms. The summed E-state index contributed by atoms with van der Waals surface area (Å²) >= 11 is 11.7. The van der Waals surface area contributed by atoms with Gasteiger partial charge >= 0.3 is 0 Å². The van der Waals surface area contributed by atoms with Crippen LogP contribution in [0.25, 0.3) is 0 Å². The average molecular weight is 234 g/mol. The molecule has 0 radical (unpaired) electrons. The van der Waals surface area contributed by atoms with Gasteiger partial charge in [0.15, 0.2) is 6.54 Å². The highest BCUT2D eigenvalue weighted by Crippen LogP contribution is 2.29. The number of nitrogens with two attached hydrogens (primary N) is 1. The van der Waals surface area contributed by atoms with Crippen molar-refractivity contribution in [1.82, 2.24) is 0 Å². The molecule has 0 bridgehead atoms. The second kappa shape index (κ2) is 5.20. The number of carbonyl (C=O) groups excluding carboxylic acids is 1. The first-order chi connectivity index (χ1) is 6.65. The van der Waals surface area contributed by atoms with Crippen molar-refractivity contribution in [2.75, 3.05) is 18.9 Å². The Labute approximate surface area is 92.4 Å². The van der Waals surface area contributed by atoms with Gasteiger partial charge in [0.2, 0.25) is 0 Å². The topological polar surface area (TPSA) is 45.7 Å². The van der Waals surface area contributed by atoms with Gasteiger partial charge in [-0.2, -0.15) is 0 Å². The summed E-state index contributed by atoms with van der Waals surface area (Å²) in [6.45, 7) is 0.349. The van der Waals surface area contributed by atoms with E-state index < -0.39 is 0 Å². The van der Waals surface area contributed by atoms with Crippen molar-refractivity contribution in [3.8, 4) is 0 Å². The minimum Gasteiger partial charge on any atom is -0.341 e. The zero-order valence-electron chi connectivity index (χ0n) is 7.68. The van der Waals surface area contributed by atoms with Gasteiger partial charge in [-0.3, -0.25) is 4.79 Å². The number of rotatable bonds is 3. The fourth-order valence-corrected chi connectivity index (χ4v) is 1.49. The van der Waals surface area contributed by atoms with Crippen molar-refractivity contribution in [1.29, 1.82) is 0 Å². The molecule has 0 spiro atoms. The van der Waals surface area contributed by atoms with Crippen LogP contribution in [0, 0.1) is 0 Å². The van der Waals surface area contributed by atoms with Crippen LogP contribution in [0.5, 0.6) is 0 Å². The number of quaternary nitrogens is 1. The lowest BCUT2D eigenvalue weighted by molar-refractivity contribution is -0.615. The number of carbonyl (C=O) groups is 1. The number of para-hydroxylation sites is 1. The predicted molar refractivity (Wildman–Crippen MR) is 57.8 cm³/mol. The Kier molecular flexibility index (Phi) is 4.20. The van der Waals surface area contributed by atoms with E-state index in [1.807, 2.05) is 7.05 Å². The van der Waals surface area contributed by atoms with Gasteiger partial charge in [-0.05, 0) is 12.1 Å². The molecule has 0 aliphatic carbocycles. The summed E-state index contributed by atoms with van der Waals surface area (Å²) in [5, 5.41) is 5.30. The van der Waals surface area contributed by atoms with Gasteiger partial charge in [0, 0.05) is 0 Å². The molecule has 1 aromatic carbocycles. The molecule has 0 atom stereocenters. The van der Waals surface area contributed by atoms with Crippen LogP contribution < -0.4 is 10.6 Å². The van der Waals surface area contributed by atoms with Crippen LogP contribution in [0.3, 0.4) is 0 Å². The zero-order chi connectivity index (χ0) is 10.6. The Hall–Kier alpha value is -0.770. The molecule has 0 fully saturated rings. The normalized spacial score (nSPS) is 9.93. The summed E-state index contributed by atoms with van der Waals surface area (Å²) in [6.07, 6.45) is 0. The third kappa shape index (κ3) is 2.87. The molecule has 0 saturated carbocycles. The molecule has 0 aliphatic rings. The molecule has 1 amide bonds. The van der Waals surface area contributed by atoms with Crippen LogP contribution in [0.2, 0.25) is 10.0 Å². The second-order valence-corrected chi connectivity index (χ2v) is 3.57. The summed E-state index contributed by atoms with van der Waals surface area (Å²) in [5.41, 5.74) is 0.475. The average Bonchev–Trinajstić information content (AvgIpc) is 2.12. The van der Waals surface area contributed by atoms with Gasteiger partial charge in [-0.1, -0.05) is 29.3 Å². The molecule has 3 N–H and O–H groups in total. The number of halogens is 2. The van der Waals surface area contributed by atoms with Crippen molar-refractivity contribution in [3.05, 3.63) is 28.2 Å². The first kappa shape index (κ1) is 11.3. The molecule has 76 valence electrons. The maximum atomic E-state index is 11.3. The Morgan fingerprint density at radius 1 is 1.43 bits per heavy atom. The van der Waals surface area contributed by atoms with Gasteiger partial charge in [0.25, 0.3) is 5.91 Å². The van der Waals surface area contributed by atoms with Crippen LogP contribution in [0.15, 0.2) is 18.2 Å². The first-order valence-electron chi connectivity index (χ1n) is 4.17. The minimum atomic E-state index is -0.123. The summed E-state index contributed by atoms with van der Waals surface area (Å²) in [4.78, 5) is 11.3. The SMILES string of the molecule is C[NH2+]CC(=O)Nc1c(Cl)cccc1Cl. The third-order valence-electron chi connectivity index (χ3n) is 1.62. The standard InChI is InChI=1S/C9H10Cl2N2O/c1-12-5-8(14)13-9-6(10)3-2-4-7(9)11/h2-4,12H,5H2,1H3,(H,13,14)/p+1. The number of amides is 1. The smallest absolute Gasteiger partial charge is 0.279 e. The van der Waals surface area contributed by atoms with Crippen LogP contribution >= 0.6 is 23.2 Å². The largest absolute Gasteiger partial charge is 0.341 e. The van der Waals surface area contributed by atoms with Crippen molar-refractivity contribution >= 4 is 34.8 Å². The summed E-state index contributed by atoms with van der Waals surface area (Å²) in [5.74, 6) is -0.123. The highest BCUT2D eigenvalue weighted by Gasteiger charge is 2.09. The number of benzene rings is 1. The number of anilines is 1. The molecule has 1 rings (SSSR count). The molecule has 0 aliphatic heterocycles. The van der Waals surface area contributed by atoms with E-state index >= 15 is 0 Å². The molecule has 0 saturated heterocycles. The van der Waals surface area contributed by atoms with E-state index in [0.717, 1.165) is 0 Å². The molecule has 0 heterocycles. The molecule has 3 nitrogen and oxygen atoms in total. The Bertz CT molecular complexity index is 321. The van der Waals surface area contributed by atoms with Crippen LogP contribution in [-0.4, -0.2) is 19.5 Å². The molecule has 0 unspecified atom stereocenters. The predicted octanol–water partition coefficient (Wildman–Crippen LogP) is 1.13. The summed E-state index contributed by atoms with van der Waals surface area (Å²) in [6, 6.07) is 5.09. The lowest BCUT2D eigenvalue weighted by atomic mass is 10.3. The van der Waals surface area contributed by atoms with Gasteiger partial charge < -0.3 is 10.6 Å². The van der Waals surface area contributed by atoms with E-state index in [0.29, 0.717) is 22.3 Å². The summed E-state index contributed by atoms with van der Waals surface area (Å²) < 4.78 is 0. The van der Waals surface area contributed by atoms with Gasteiger partial charge in [-0.25, -0.2) is 0 Å². The number of hydrogen-bond acceptors (Lipinski definition) is 1. The number of nitrogens with one attached hydrogen (secondary N) is 1. The van der Waals surface area contributed by atoms with E-state index in [2.05, 4.69) is 5.32 Å². The third-order valence-corrected chi connectivity index (χ3v) is 2.25. The van der Waals surface area contributed by atoms with Crippen molar-refractivity contribution in [2.24, 2.45) is 0 Å². The summed E-state index contributed by atoms with van der Waals surface area (Å²) in [7, 11) is 1.81. The molecule has 0 aromatic heterocycles. The monoisotopic (exact) mass is 233 g/mol. The molecular weight excluding hydrogens is 223 g/mol. The first-order valence-corrected chi connectivity index (χ1v) is 4.92. The van der Waals surface area contributed by atoms with E-state index in [4.69, 9.17) is 23.2 Å². The highest BCUT2D eigenvalue weighted by molar-refractivity contribution is 6.39. The molecular formula is C9H11Cl2N2O+. The van der Waals surface area contributed by atoms with E-state index in [1.165, 1.54) is 0 Å². The van der Waals surface area contributed by atoms with Crippen LogP contribution in [-0.2, 0) is 4.79 Å². The zero-order valence-corrected chi connectivity index (χ0v) is 9.19. The second-order valence-electron chi connectivity index (χ2n) is 2.76. The maximum absolute atomic E-state index is 11.3. The Morgan fingerprint density at radius 2 is 2.00 bits per heavy atom. The van der Waals surface area contributed by atoms with Crippen LogP contribution in [0.4, 0.5) is 5.69 Å². The Balaban J connectivity index is 2.80. The quantitative estimate of drug-likeness (QED) is 0.808. The minimum absolute atomic E-state index is 0.123. The maximum Gasteiger partial charge on any atom is 0.279 e. The fraction of sp³-hybridized carbons (Fsp3) is 0.222.